The largest absolute Gasteiger partial charge is 0.507 e. The lowest BCUT2D eigenvalue weighted by Gasteiger charge is -2.09. The van der Waals surface area contributed by atoms with Crippen LogP contribution in [-0.2, 0) is 14.1 Å². The number of fused-ring (bicyclic) bond motifs is 1. The highest BCUT2D eigenvalue weighted by molar-refractivity contribution is 6.30. The maximum Gasteiger partial charge on any atom is 0.332 e. The Morgan fingerprint density at radius 1 is 1.09 bits per heavy atom. The van der Waals surface area contributed by atoms with Crippen LogP contribution in [0.4, 0.5) is 0 Å². The fourth-order valence-electron chi connectivity index (χ4n) is 2.32. The van der Waals surface area contributed by atoms with Gasteiger partial charge in [0.1, 0.15) is 11.4 Å². The third-order valence-corrected chi connectivity index (χ3v) is 3.77. The summed E-state index contributed by atoms with van der Waals surface area (Å²) in [5.74, 6) is 0.0186. The molecule has 7 heteroatoms. The molecule has 0 aliphatic heterocycles. The smallest absolute Gasteiger partial charge is 0.332 e. The molecule has 0 amide bonds. The molecule has 0 aliphatic rings. The fraction of sp³-hybridized carbons (Fsp3) is 0.133. The van der Waals surface area contributed by atoms with Gasteiger partial charge in [-0.3, -0.25) is 13.9 Å². The second-order valence-electron chi connectivity index (χ2n) is 4.93. The van der Waals surface area contributed by atoms with Crippen LogP contribution >= 0.6 is 11.6 Å². The number of aromatic hydroxyl groups is 1. The molecule has 0 saturated carbocycles. The van der Waals surface area contributed by atoms with Crippen LogP contribution in [-0.4, -0.2) is 19.2 Å². The number of hydrogen-bond acceptors (Lipinski definition) is 4. The van der Waals surface area contributed by atoms with E-state index in [4.69, 9.17) is 11.6 Å². The van der Waals surface area contributed by atoms with Gasteiger partial charge in [-0.15, -0.1) is 0 Å². The van der Waals surface area contributed by atoms with Gasteiger partial charge in [-0.1, -0.05) is 11.6 Å². The third kappa shape index (κ3) is 2.08. The second kappa shape index (κ2) is 4.99. The van der Waals surface area contributed by atoms with Crippen molar-refractivity contribution in [2.75, 3.05) is 0 Å². The van der Waals surface area contributed by atoms with E-state index in [-0.39, 0.29) is 11.4 Å². The SMILES string of the molecule is Cn1c(=O)c2ccc(-c3cc(Cl)ccc3O)nc2n(C)c1=O. The Kier molecular flexibility index (Phi) is 3.26. The molecule has 0 bridgehead atoms. The Labute approximate surface area is 129 Å². The van der Waals surface area contributed by atoms with E-state index in [1.165, 1.54) is 17.7 Å². The monoisotopic (exact) mass is 317 g/mol. The van der Waals surface area contributed by atoms with E-state index in [9.17, 15) is 14.7 Å². The van der Waals surface area contributed by atoms with Crippen molar-refractivity contribution in [1.82, 2.24) is 14.1 Å². The number of aromatic nitrogens is 3. The van der Waals surface area contributed by atoms with Crippen LogP contribution in [0.2, 0.25) is 5.02 Å². The van der Waals surface area contributed by atoms with E-state index in [0.29, 0.717) is 21.7 Å². The van der Waals surface area contributed by atoms with E-state index in [1.807, 2.05) is 0 Å². The molecule has 0 radical (unpaired) electrons. The fourth-order valence-corrected chi connectivity index (χ4v) is 2.49. The summed E-state index contributed by atoms with van der Waals surface area (Å²) in [6.07, 6.45) is 0. The standard InChI is InChI=1S/C15H12ClN3O3/c1-18-13-9(14(21)19(2)15(18)22)4-5-11(17-13)10-7-8(16)3-6-12(10)20/h3-7,20H,1-2H3. The van der Waals surface area contributed by atoms with Crippen LogP contribution in [0.25, 0.3) is 22.3 Å². The van der Waals surface area contributed by atoms with Gasteiger partial charge in [0, 0.05) is 24.7 Å². The maximum absolute atomic E-state index is 12.1. The number of nitrogens with zero attached hydrogens (tertiary/aromatic N) is 3. The first-order valence-electron chi connectivity index (χ1n) is 6.46. The van der Waals surface area contributed by atoms with Crippen molar-refractivity contribution in [3.8, 4) is 17.0 Å². The van der Waals surface area contributed by atoms with Gasteiger partial charge >= 0.3 is 5.69 Å². The predicted octanol–water partition coefficient (Wildman–Crippen LogP) is 1.66. The summed E-state index contributed by atoms with van der Waals surface area (Å²) in [6.45, 7) is 0. The topological polar surface area (TPSA) is 77.1 Å². The molecule has 3 aromatic rings. The molecule has 0 spiro atoms. The van der Waals surface area contributed by atoms with E-state index < -0.39 is 11.2 Å². The Bertz CT molecular complexity index is 1020. The zero-order chi connectivity index (χ0) is 16.0. The number of hydrogen-bond donors (Lipinski definition) is 1. The Balaban J connectivity index is 2.38. The molecule has 2 heterocycles. The number of benzene rings is 1. The number of rotatable bonds is 1. The number of phenols is 1. The summed E-state index contributed by atoms with van der Waals surface area (Å²) in [5.41, 5.74) is 0.244. The van der Waals surface area contributed by atoms with Crippen LogP contribution in [0, 0.1) is 0 Å². The van der Waals surface area contributed by atoms with Gasteiger partial charge in [0.05, 0.1) is 11.1 Å². The predicted molar refractivity (Wildman–Crippen MR) is 84.3 cm³/mol. The van der Waals surface area contributed by atoms with Gasteiger partial charge in [-0.05, 0) is 30.3 Å². The van der Waals surface area contributed by atoms with Crippen molar-refractivity contribution in [3.63, 3.8) is 0 Å². The Hall–Kier alpha value is -2.60. The van der Waals surface area contributed by atoms with Gasteiger partial charge in [0.15, 0.2) is 0 Å². The number of pyridine rings is 1. The van der Waals surface area contributed by atoms with Gasteiger partial charge in [0.2, 0.25) is 0 Å². The van der Waals surface area contributed by atoms with Crippen molar-refractivity contribution < 1.29 is 5.11 Å². The Morgan fingerprint density at radius 2 is 1.82 bits per heavy atom. The number of phenolic OH excluding ortho intramolecular Hbond substituents is 1. The highest BCUT2D eigenvalue weighted by Gasteiger charge is 2.13. The van der Waals surface area contributed by atoms with Crippen molar-refractivity contribution in [3.05, 3.63) is 56.2 Å². The molecule has 0 atom stereocenters. The molecule has 112 valence electrons. The van der Waals surface area contributed by atoms with Gasteiger partial charge in [0.25, 0.3) is 5.56 Å². The van der Waals surface area contributed by atoms with Crippen molar-refractivity contribution >= 4 is 22.6 Å². The average molecular weight is 318 g/mol. The van der Waals surface area contributed by atoms with Crippen LogP contribution in [0.15, 0.2) is 39.9 Å². The summed E-state index contributed by atoms with van der Waals surface area (Å²) in [4.78, 5) is 28.4. The second-order valence-corrected chi connectivity index (χ2v) is 5.37. The molecule has 6 nitrogen and oxygen atoms in total. The molecule has 1 N–H and O–H groups in total. The first kappa shape index (κ1) is 14.3. The molecule has 3 rings (SSSR count). The van der Waals surface area contributed by atoms with Crippen LogP contribution in [0.5, 0.6) is 5.75 Å². The van der Waals surface area contributed by atoms with E-state index in [1.54, 1.807) is 31.3 Å². The summed E-state index contributed by atoms with van der Waals surface area (Å²) in [6, 6.07) is 7.79. The quantitative estimate of drug-likeness (QED) is 0.740. The lowest BCUT2D eigenvalue weighted by Crippen LogP contribution is -2.37. The van der Waals surface area contributed by atoms with Crippen molar-refractivity contribution in [2.24, 2.45) is 14.1 Å². The first-order valence-corrected chi connectivity index (χ1v) is 6.83. The lowest BCUT2D eigenvalue weighted by atomic mass is 10.1. The van der Waals surface area contributed by atoms with Crippen molar-refractivity contribution in [1.29, 1.82) is 0 Å². The van der Waals surface area contributed by atoms with Crippen molar-refractivity contribution in [2.45, 2.75) is 0 Å². The zero-order valence-electron chi connectivity index (χ0n) is 11.9. The van der Waals surface area contributed by atoms with Crippen LogP contribution < -0.4 is 11.2 Å². The van der Waals surface area contributed by atoms with Gasteiger partial charge < -0.3 is 5.11 Å². The highest BCUT2D eigenvalue weighted by atomic mass is 35.5. The molecule has 0 aliphatic carbocycles. The zero-order valence-corrected chi connectivity index (χ0v) is 12.6. The average Bonchev–Trinajstić information content (AvgIpc) is 2.52. The number of aryl methyl sites for hydroxylation is 1. The van der Waals surface area contributed by atoms with Gasteiger partial charge in [-0.2, -0.15) is 0 Å². The summed E-state index contributed by atoms with van der Waals surface area (Å²) in [7, 11) is 2.96. The minimum Gasteiger partial charge on any atom is -0.507 e. The summed E-state index contributed by atoms with van der Waals surface area (Å²) >= 11 is 5.94. The molecule has 0 saturated heterocycles. The van der Waals surface area contributed by atoms with E-state index in [2.05, 4.69) is 4.98 Å². The first-order chi connectivity index (χ1) is 10.4. The molecule has 0 fully saturated rings. The normalized spacial score (nSPS) is 11.0. The minimum absolute atomic E-state index is 0.0186. The maximum atomic E-state index is 12.1. The number of halogens is 1. The third-order valence-electron chi connectivity index (χ3n) is 3.54. The van der Waals surface area contributed by atoms with Crippen LogP contribution in [0.1, 0.15) is 0 Å². The molecular weight excluding hydrogens is 306 g/mol. The molecule has 0 unspecified atom stereocenters. The molecular formula is C15H12ClN3O3. The van der Waals surface area contributed by atoms with Crippen LogP contribution in [0.3, 0.4) is 0 Å². The molecule has 1 aromatic carbocycles. The van der Waals surface area contributed by atoms with E-state index in [0.717, 1.165) is 4.57 Å². The molecule has 2 aromatic heterocycles. The highest BCUT2D eigenvalue weighted by Crippen LogP contribution is 2.30. The minimum atomic E-state index is -0.461. The lowest BCUT2D eigenvalue weighted by molar-refractivity contribution is 0.477. The summed E-state index contributed by atoms with van der Waals surface area (Å²) in [5, 5.41) is 10.7. The van der Waals surface area contributed by atoms with Gasteiger partial charge in [-0.25, -0.2) is 9.78 Å². The van der Waals surface area contributed by atoms with E-state index >= 15 is 0 Å². The summed E-state index contributed by atoms with van der Waals surface area (Å²) < 4.78 is 2.32. The Morgan fingerprint density at radius 3 is 2.55 bits per heavy atom. The molecule has 22 heavy (non-hydrogen) atoms.